The second kappa shape index (κ2) is 11.1. The maximum absolute atomic E-state index is 6.34. The molecule has 3 heterocycles. The highest BCUT2D eigenvalue weighted by molar-refractivity contribution is 5.93. The molecule has 0 aliphatic carbocycles. The quantitative estimate of drug-likeness (QED) is 0.303. The maximum Gasteiger partial charge on any atom is 0.228 e. The Labute approximate surface area is 236 Å². The molecular weight excluding hydrogens is 502 g/mol. The van der Waals surface area contributed by atoms with Crippen LogP contribution in [0.1, 0.15) is 37.5 Å². The van der Waals surface area contributed by atoms with Crippen LogP contribution in [0.2, 0.25) is 0 Å². The van der Waals surface area contributed by atoms with E-state index in [2.05, 4.69) is 100 Å². The molecule has 0 radical (unpaired) electrons. The minimum atomic E-state index is 0.0428. The number of rotatable bonds is 7. The van der Waals surface area contributed by atoms with Crippen molar-refractivity contribution in [3.05, 3.63) is 59.4 Å². The van der Waals surface area contributed by atoms with Crippen molar-refractivity contribution < 1.29 is 4.74 Å². The number of nitrogen functional groups attached to an aromatic ring is 1. The third-order valence-corrected chi connectivity index (χ3v) is 7.39. The van der Waals surface area contributed by atoms with Gasteiger partial charge < -0.3 is 30.9 Å². The average molecular weight is 542 g/mol. The third-order valence-electron chi connectivity index (χ3n) is 7.39. The van der Waals surface area contributed by atoms with E-state index in [1.165, 1.54) is 11.9 Å². The van der Waals surface area contributed by atoms with Crippen molar-refractivity contribution in [3.63, 3.8) is 0 Å². The van der Waals surface area contributed by atoms with Gasteiger partial charge in [-0.15, -0.1) is 0 Å². The summed E-state index contributed by atoms with van der Waals surface area (Å²) < 4.78 is 5.62. The lowest BCUT2D eigenvalue weighted by Crippen LogP contribution is -2.45. The molecule has 40 heavy (non-hydrogen) atoms. The highest BCUT2D eigenvalue weighted by Gasteiger charge is 2.20. The highest BCUT2D eigenvalue weighted by Crippen LogP contribution is 2.32. The summed E-state index contributed by atoms with van der Waals surface area (Å²) in [7, 11) is 3.82. The van der Waals surface area contributed by atoms with E-state index < -0.39 is 0 Å². The molecule has 4 aromatic rings. The molecule has 10 heteroatoms. The van der Waals surface area contributed by atoms with Crippen LogP contribution in [0, 0.1) is 6.92 Å². The van der Waals surface area contributed by atoms with Gasteiger partial charge in [-0.3, -0.25) is 0 Å². The Bertz CT molecular complexity index is 1510. The van der Waals surface area contributed by atoms with Crippen molar-refractivity contribution in [2.75, 3.05) is 61.6 Å². The van der Waals surface area contributed by atoms with Crippen LogP contribution in [0.25, 0.3) is 11.0 Å². The molecule has 0 bridgehead atoms. The van der Waals surface area contributed by atoms with Crippen LogP contribution in [0.15, 0.2) is 42.7 Å². The molecule has 1 aliphatic rings. The van der Waals surface area contributed by atoms with Gasteiger partial charge in [-0.05, 0) is 54.3 Å². The molecular formula is C30H39N9O. The Morgan fingerprint density at radius 1 is 0.950 bits per heavy atom. The molecule has 5 rings (SSSR count). The molecule has 1 saturated heterocycles. The van der Waals surface area contributed by atoms with E-state index in [1.54, 1.807) is 7.11 Å². The number of hydrogen-bond donors (Lipinski definition) is 3. The van der Waals surface area contributed by atoms with Crippen LogP contribution < -0.4 is 26.0 Å². The lowest BCUT2D eigenvalue weighted by Gasteiger charge is -2.32. The number of likely N-dealkylation sites (N-methyl/N-ethyl adjacent to an activating group) is 1. The number of benzene rings is 2. The monoisotopic (exact) mass is 541 g/mol. The first-order valence-electron chi connectivity index (χ1n) is 13.6. The molecule has 1 fully saturated rings. The molecule has 0 amide bonds. The number of nitrogens with one attached hydrogen (secondary N) is 2. The van der Waals surface area contributed by atoms with E-state index in [-0.39, 0.29) is 5.41 Å². The van der Waals surface area contributed by atoms with E-state index in [4.69, 9.17) is 15.5 Å². The van der Waals surface area contributed by atoms with Crippen molar-refractivity contribution in [1.82, 2.24) is 24.8 Å². The molecule has 0 saturated carbocycles. The predicted octanol–water partition coefficient (Wildman–Crippen LogP) is 4.72. The van der Waals surface area contributed by atoms with Crippen LogP contribution >= 0.6 is 0 Å². The van der Waals surface area contributed by atoms with E-state index in [0.717, 1.165) is 54.4 Å². The SMILES string of the molecule is COc1ccc(C(C)(C)C)cc1NCc1ccc(C)c(Nc2ncnc3c(N)nc(N4CCN(C)CC4)nc23)c1. The predicted molar refractivity (Wildman–Crippen MR) is 163 cm³/mol. The average Bonchev–Trinajstić information content (AvgIpc) is 2.93. The van der Waals surface area contributed by atoms with Gasteiger partial charge in [0.15, 0.2) is 11.6 Å². The summed E-state index contributed by atoms with van der Waals surface area (Å²) in [5, 5.41) is 7.06. The van der Waals surface area contributed by atoms with Gasteiger partial charge in [0.25, 0.3) is 0 Å². The number of methoxy groups -OCH3 is 1. The summed E-state index contributed by atoms with van der Waals surface area (Å²) in [5.74, 6) is 2.38. The summed E-state index contributed by atoms with van der Waals surface area (Å²) >= 11 is 0. The molecule has 1 aliphatic heterocycles. The Balaban J connectivity index is 1.41. The Morgan fingerprint density at radius 2 is 1.73 bits per heavy atom. The van der Waals surface area contributed by atoms with Crippen LogP contribution in [0.5, 0.6) is 5.75 Å². The first kappa shape index (κ1) is 27.4. The zero-order chi connectivity index (χ0) is 28.4. The summed E-state index contributed by atoms with van der Waals surface area (Å²) in [6.45, 7) is 12.9. The first-order valence-corrected chi connectivity index (χ1v) is 13.6. The minimum Gasteiger partial charge on any atom is -0.495 e. The number of hydrogen-bond acceptors (Lipinski definition) is 10. The van der Waals surface area contributed by atoms with Gasteiger partial charge in [0, 0.05) is 38.4 Å². The van der Waals surface area contributed by atoms with E-state index in [0.29, 0.717) is 35.2 Å². The summed E-state index contributed by atoms with van der Waals surface area (Å²) in [6, 6.07) is 12.7. The largest absolute Gasteiger partial charge is 0.495 e. The molecule has 2 aromatic heterocycles. The van der Waals surface area contributed by atoms with E-state index in [9.17, 15) is 0 Å². The Kier molecular flexibility index (Phi) is 7.62. The van der Waals surface area contributed by atoms with Gasteiger partial charge in [0.05, 0.1) is 12.8 Å². The van der Waals surface area contributed by atoms with Gasteiger partial charge in [-0.1, -0.05) is 39.0 Å². The normalized spacial score (nSPS) is 14.4. The second-order valence-corrected chi connectivity index (χ2v) is 11.4. The number of aromatic nitrogens is 4. The maximum atomic E-state index is 6.34. The van der Waals surface area contributed by atoms with Crippen molar-refractivity contribution in [2.24, 2.45) is 0 Å². The lowest BCUT2D eigenvalue weighted by atomic mass is 9.87. The van der Waals surface area contributed by atoms with Gasteiger partial charge in [-0.25, -0.2) is 15.0 Å². The van der Waals surface area contributed by atoms with Crippen molar-refractivity contribution in [3.8, 4) is 5.75 Å². The van der Waals surface area contributed by atoms with E-state index in [1.807, 2.05) is 6.07 Å². The molecule has 0 atom stereocenters. The highest BCUT2D eigenvalue weighted by atomic mass is 16.5. The number of aryl methyl sites for hydroxylation is 1. The van der Waals surface area contributed by atoms with Gasteiger partial charge >= 0.3 is 0 Å². The number of nitrogens with zero attached hydrogens (tertiary/aromatic N) is 6. The molecule has 0 unspecified atom stereocenters. The van der Waals surface area contributed by atoms with Crippen LogP contribution in [0.3, 0.4) is 0 Å². The van der Waals surface area contributed by atoms with Crippen molar-refractivity contribution >= 4 is 40.0 Å². The number of nitrogens with two attached hydrogens (primary N) is 1. The Hall–Kier alpha value is -4.18. The molecule has 4 N–H and O–H groups in total. The number of fused-ring (bicyclic) bond motifs is 1. The number of ether oxygens (including phenoxy) is 1. The number of anilines is 5. The fourth-order valence-electron chi connectivity index (χ4n) is 4.75. The van der Waals surface area contributed by atoms with Crippen LogP contribution in [-0.4, -0.2) is 65.2 Å². The summed E-state index contributed by atoms with van der Waals surface area (Å²) in [5.41, 5.74) is 12.9. The second-order valence-electron chi connectivity index (χ2n) is 11.4. The molecule has 2 aromatic carbocycles. The number of piperazine rings is 1. The minimum absolute atomic E-state index is 0.0428. The summed E-state index contributed by atoms with van der Waals surface area (Å²) in [4.78, 5) is 22.8. The fourth-order valence-corrected chi connectivity index (χ4v) is 4.75. The molecule has 0 spiro atoms. The smallest absolute Gasteiger partial charge is 0.228 e. The van der Waals surface area contributed by atoms with Crippen LogP contribution in [-0.2, 0) is 12.0 Å². The van der Waals surface area contributed by atoms with Gasteiger partial charge in [0.2, 0.25) is 5.95 Å². The zero-order valence-corrected chi connectivity index (χ0v) is 24.2. The Morgan fingerprint density at radius 3 is 2.45 bits per heavy atom. The van der Waals surface area contributed by atoms with Gasteiger partial charge in [-0.2, -0.15) is 4.98 Å². The van der Waals surface area contributed by atoms with Crippen LogP contribution in [0.4, 0.5) is 29.0 Å². The van der Waals surface area contributed by atoms with Crippen molar-refractivity contribution in [1.29, 1.82) is 0 Å². The standard InChI is InChI=1S/C30H39N9O/c1-19-7-8-20(17-32-23-16-21(30(2,3)4)9-10-24(23)40-6)15-22(19)35-28-26-25(33-18-34-28)27(31)37-29(36-26)39-13-11-38(5)12-14-39/h7-10,15-16,18,32H,11-14,17H2,1-6H3,(H2,31,36,37)(H,33,34,35). The third kappa shape index (κ3) is 5.86. The first-order chi connectivity index (χ1) is 19.1. The van der Waals surface area contributed by atoms with E-state index >= 15 is 0 Å². The van der Waals surface area contributed by atoms with Crippen molar-refractivity contribution in [2.45, 2.75) is 39.7 Å². The molecule has 210 valence electrons. The molecule has 10 nitrogen and oxygen atoms in total. The van der Waals surface area contributed by atoms with Gasteiger partial charge in [0.1, 0.15) is 23.1 Å². The lowest BCUT2D eigenvalue weighted by molar-refractivity contribution is 0.311. The fraction of sp³-hybridized carbons (Fsp3) is 0.400. The topological polar surface area (TPSA) is 117 Å². The summed E-state index contributed by atoms with van der Waals surface area (Å²) in [6.07, 6.45) is 1.50. The zero-order valence-electron chi connectivity index (χ0n) is 24.2.